The van der Waals surface area contributed by atoms with Crippen molar-refractivity contribution < 1.29 is 38.5 Å². The van der Waals surface area contributed by atoms with Crippen molar-refractivity contribution in [2.24, 2.45) is 10.9 Å². The number of nitrogens with one attached hydrogen (secondary N) is 3. The summed E-state index contributed by atoms with van der Waals surface area (Å²) in [7, 11) is 0. The van der Waals surface area contributed by atoms with Gasteiger partial charge in [0.1, 0.15) is 28.6 Å². The fourth-order valence-electron chi connectivity index (χ4n) is 5.00. The number of carbonyl (C=O) groups excluding carboxylic acids is 3. The highest BCUT2D eigenvalue weighted by Gasteiger charge is 2.26. The van der Waals surface area contributed by atoms with Gasteiger partial charge in [-0.1, -0.05) is 17.3 Å². The second-order valence-corrected chi connectivity index (χ2v) is 12.3. The van der Waals surface area contributed by atoms with Gasteiger partial charge < -0.3 is 45.8 Å². The molecule has 13 nitrogen and oxygen atoms in total. The Morgan fingerprint density at radius 3 is 1.85 bits per heavy atom. The molecule has 4 rings (SSSR count). The third-order valence-corrected chi connectivity index (χ3v) is 7.29. The molecule has 0 spiro atoms. The van der Waals surface area contributed by atoms with Crippen LogP contribution < -0.4 is 31.2 Å². The first-order valence-electron chi connectivity index (χ1n) is 15.8. The third-order valence-electron chi connectivity index (χ3n) is 7.29. The van der Waals surface area contributed by atoms with Gasteiger partial charge >= 0.3 is 12.2 Å². The Balaban J connectivity index is 1.46. The van der Waals surface area contributed by atoms with Gasteiger partial charge in [-0.25, -0.2) is 9.59 Å². The molecular formula is C35H43N5O8. The first-order chi connectivity index (χ1) is 22.9. The number of rotatable bonds is 11. The fraction of sp³-hybridized carbons (Fsp3) is 0.371. The minimum absolute atomic E-state index is 0.0255. The van der Waals surface area contributed by atoms with E-state index in [1.165, 1.54) is 0 Å². The van der Waals surface area contributed by atoms with Crippen LogP contribution in [-0.4, -0.2) is 53.4 Å². The Kier molecular flexibility index (Phi) is 12.1. The van der Waals surface area contributed by atoms with Crippen molar-refractivity contribution in [3.8, 4) is 23.0 Å². The molecule has 3 aromatic rings. The van der Waals surface area contributed by atoms with Crippen molar-refractivity contribution in [1.82, 2.24) is 16.0 Å². The van der Waals surface area contributed by atoms with Gasteiger partial charge in [-0.2, -0.15) is 0 Å². The normalized spacial score (nSPS) is 16.3. The summed E-state index contributed by atoms with van der Waals surface area (Å²) in [6, 6.07) is 18.6. The number of hydrogen-bond donors (Lipinski definition) is 5. The van der Waals surface area contributed by atoms with E-state index in [9.17, 15) is 14.4 Å². The lowest BCUT2D eigenvalue weighted by Gasteiger charge is -2.30. The van der Waals surface area contributed by atoms with Crippen LogP contribution in [0.5, 0.6) is 23.0 Å². The summed E-state index contributed by atoms with van der Waals surface area (Å²) in [6.07, 6.45) is 1.85. The minimum Gasteiger partial charge on any atom is -0.457 e. The molecule has 0 bridgehead atoms. The highest BCUT2D eigenvalue weighted by molar-refractivity contribution is 5.97. The molecule has 1 fully saturated rings. The molecule has 3 aromatic carbocycles. The molecule has 48 heavy (non-hydrogen) atoms. The van der Waals surface area contributed by atoms with Crippen molar-refractivity contribution in [2.75, 3.05) is 6.61 Å². The molecule has 0 heterocycles. The van der Waals surface area contributed by atoms with Crippen LogP contribution in [0, 0.1) is 0 Å². The largest absolute Gasteiger partial charge is 0.457 e. The number of ether oxygens (including phenoxy) is 4. The molecule has 0 aromatic heterocycles. The fourth-order valence-corrected chi connectivity index (χ4v) is 5.00. The van der Waals surface area contributed by atoms with Crippen LogP contribution in [0.1, 0.15) is 74.9 Å². The molecule has 1 aliphatic carbocycles. The molecule has 6 N–H and O–H groups in total. The molecule has 0 aliphatic heterocycles. The minimum atomic E-state index is -0.575. The van der Waals surface area contributed by atoms with Gasteiger partial charge in [0.15, 0.2) is 5.84 Å². The first kappa shape index (κ1) is 35.4. The van der Waals surface area contributed by atoms with Crippen LogP contribution in [0.15, 0.2) is 71.9 Å². The summed E-state index contributed by atoms with van der Waals surface area (Å²) in [5.74, 6) is 1.37. The van der Waals surface area contributed by atoms with Gasteiger partial charge in [-0.3, -0.25) is 4.79 Å². The summed E-state index contributed by atoms with van der Waals surface area (Å²) < 4.78 is 22.5. The lowest BCUT2D eigenvalue weighted by molar-refractivity contribution is 0.0487. The second-order valence-electron chi connectivity index (χ2n) is 12.3. The summed E-state index contributed by atoms with van der Waals surface area (Å²) in [5, 5.41) is 20.7. The number of nitrogens with zero attached hydrogens (tertiary/aromatic N) is 1. The van der Waals surface area contributed by atoms with Crippen molar-refractivity contribution in [3.05, 3.63) is 83.4 Å². The van der Waals surface area contributed by atoms with Crippen LogP contribution in [0.4, 0.5) is 9.59 Å². The molecule has 1 aliphatic rings. The van der Waals surface area contributed by atoms with E-state index >= 15 is 0 Å². The standard InChI is InChI=1S/C35H43N5O8/c1-5-45-33(42)37-21-22-6-14-27(15-7-22)46-29-18-24(19-30(20-29)47-28-16-8-23(9-17-28)31(36)40-44)32(41)38-25-10-12-26(13-11-25)39-34(43)48-35(2,3)4/h6-9,14-20,25-26,44H,5,10-13,21H2,1-4H3,(H2,36,40)(H,37,42)(H,38,41)(H,39,43). The van der Waals surface area contributed by atoms with E-state index in [0.29, 0.717) is 66.4 Å². The van der Waals surface area contributed by atoms with E-state index in [2.05, 4.69) is 21.1 Å². The number of hydrogen-bond acceptors (Lipinski definition) is 9. The summed E-state index contributed by atoms with van der Waals surface area (Å²) >= 11 is 0. The number of amides is 3. The number of carbonyl (C=O) groups is 3. The maximum atomic E-state index is 13.5. The van der Waals surface area contributed by atoms with Crippen molar-refractivity contribution >= 4 is 23.9 Å². The van der Waals surface area contributed by atoms with Crippen LogP contribution in [0.2, 0.25) is 0 Å². The van der Waals surface area contributed by atoms with Gasteiger partial charge in [-0.05, 0) is 107 Å². The van der Waals surface area contributed by atoms with Gasteiger partial charge in [0.05, 0.1) is 6.61 Å². The monoisotopic (exact) mass is 661 g/mol. The lowest BCUT2D eigenvalue weighted by Crippen LogP contribution is -2.45. The lowest BCUT2D eigenvalue weighted by atomic mass is 9.91. The second kappa shape index (κ2) is 16.4. The van der Waals surface area contributed by atoms with Gasteiger partial charge in [0.25, 0.3) is 5.91 Å². The zero-order valence-corrected chi connectivity index (χ0v) is 27.6. The maximum absolute atomic E-state index is 13.5. The van der Waals surface area contributed by atoms with E-state index < -0.39 is 17.8 Å². The SMILES string of the molecule is CCOC(=O)NCc1ccc(Oc2cc(Oc3ccc(C(N)=NO)cc3)cc(C(=O)NC3CCC(NC(=O)OC(C)(C)C)CC3)c2)cc1. The van der Waals surface area contributed by atoms with E-state index in [-0.39, 0.29) is 30.4 Å². The van der Waals surface area contributed by atoms with Crippen molar-refractivity contribution in [3.63, 3.8) is 0 Å². The highest BCUT2D eigenvalue weighted by Crippen LogP contribution is 2.31. The third kappa shape index (κ3) is 11.1. The Bertz CT molecular complexity index is 1580. The predicted octanol–water partition coefficient (Wildman–Crippen LogP) is 6.18. The molecule has 1 saturated carbocycles. The molecular weight excluding hydrogens is 618 g/mol. The Hall–Kier alpha value is -5.46. The van der Waals surface area contributed by atoms with E-state index in [1.807, 2.05) is 32.9 Å². The van der Waals surface area contributed by atoms with Crippen LogP contribution >= 0.6 is 0 Å². The molecule has 3 amide bonds. The van der Waals surface area contributed by atoms with Gasteiger partial charge in [0.2, 0.25) is 0 Å². The smallest absolute Gasteiger partial charge is 0.407 e. The molecule has 256 valence electrons. The van der Waals surface area contributed by atoms with Gasteiger partial charge in [-0.15, -0.1) is 0 Å². The van der Waals surface area contributed by atoms with Crippen LogP contribution in [0.3, 0.4) is 0 Å². The predicted molar refractivity (Wildman–Crippen MR) is 179 cm³/mol. The van der Waals surface area contributed by atoms with Crippen LogP contribution in [0.25, 0.3) is 0 Å². The van der Waals surface area contributed by atoms with Crippen molar-refractivity contribution in [1.29, 1.82) is 0 Å². The topological polar surface area (TPSA) is 183 Å². The molecule has 13 heteroatoms. The molecule has 0 atom stereocenters. The molecule has 0 saturated heterocycles. The summed E-state index contributed by atoms with van der Waals surface area (Å²) in [5.41, 5.74) is 6.79. The average molecular weight is 662 g/mol. The van der Waals surface area contributed by atoms with Gasteiger partial charge in [0, 0.05) is 35.8 Å². The van der Waals surface area contributed by atoms with E-state index in [1.54, 1.807) is 61.5 Å². The highest BCUT2D eigenvalue weighted by atomic mass is 16.6. The zero-order valence-electron chi connectivity index (χ0n) is 27.6. The number of amidine groups is 1. The van der Waals surface area contributed by atoms with Crippen LogP contribution in [-0.2, 0) is 16.0 Å². The number of oxime groups is 1. The average Bonchev–Trinajstić information content (AvgIpc) is 3.04. The summed E-state index contributed by atoms with van der Waals surface area (Å²) in [6.45, 7) is 7.77. The Labute approximate surface area is 279 Å². The molecule has 0 radical (unpaired) electrons. The Morgan fingerprint density at radius 1 is 0.792 bits per heavy atom. The quantitative estimate of drug-likeness (QED) is 0.0693. The number of nitrogens with two attached hydrogens (primary N) is 1. The van der Waals surface area contributed by atoms with Crippen molar-refractivity contribution in [2.45, 2.75) is 77.6 Å². The van der Waals surface area contributed by atoms with E-state index in [0.717, 1.165) is 5.56 Å². The Morgan fingerprint density at radius 2 is 1.33 bits per heavy atom. The van der Waals surface area contributed by atoms with E-state index in [4.69, 9.17) is 29.9 Å². The number of alkyl carbamates (subject to hydrolysis) is 2. The maximum Gasteiger partial charge on any atom is 0.407 e. The number of benzene rings is 3. The zero-order chi connectivity index (χ0) is 34.7. The first-order valence-corrected chi connectivity index (χ1v) is 15.8. The summed E-state index contributed by atoms with van der Waals surface area (Å²) in [4.78, 5) is 37.3. The molecule has 0 unspecified atom stereocenters.